The predicted molar refractivity (Wildman–Crippen MR) is 73.8 cm³/mol. The minimum absolute atomic E-state index is 0.813. The Morgan fingerprint density at radius 2 is 2.11 bits per heavy atom. The van der Waals surface area contributed by atoms with Crippen LogP contribution in [0, 0.1) is 5.92 Å². The molecule has 0 radical (unpaired) electrons. The molecule has 0 aromatic carbocycles. The number of imidazole rings is 1. The zero-order chi connectivity index (χ0) is 12.4. The first-order valence-electron chi connectivity index (χ1n) is 6.75. The number of nitrogens with zero attached hydrogens (tertiary/aromatic N) is 3. The van der Waals surface area contributed by atoms with Crippen molar-refractivity contribution in [1.82, 2.24) is 9.38 Å². The fraction of sp³-hybridized carbons (Fsp3) is 0.500. The van der Waals surface area contributed by atoms with Gasteiger partial charge in [0.1, 0.15) is 11.5 Å². The van der Waals surface area contributed by atoms with Crippen molar-refractivity contribution in [3.8, 4) is 0 Å². The smallest absolute Gasteiger partial charge is 0.138 e. The van der Waals surface area contributed by atoms with Gasteiger partial charge in [-0.05, 0) is 43.9 Å². The largest absolute Gasteiger partial charge is 0.358 e. The summed E-state index contributed by atoms with van der Waals surface area (Å²) in [6.45, 7) is 3.08. The fourth-order valence-corrected chi connectivity index (χ4v) is 2.88. The van der Waals surface area contributed by atoms with Gasteiger partial charge < -0.3 is 10.6 Å². The molecule has 2 N–H and O–H groups in total. The van der Waals surface area contributed by atoms with Crippen molar-refractivity contribution in [2.24, 2.45) is 11.7 Å². The summed E-state index contributed by atoms with van der Waals surface area (Å²) in [7, 11) is 0. The molecule has 1 saturated heterocycles. The molecule has 3 rings (SSSR count). The molecule has 1 aliphatic rings. The van der Waals surface area contributed by atoms with Crippen LogP contribution >= 0.6 is 0 Å². The monoisotopic (exact) mass is 244 g/mol. The molecule has 2 aromatic rings. The van der Waals surface area contributed by atoms with E-state index in [0.29, 0.717) is 0 Å². The van der Waals surface area contributed by atoms with Crippen molar-refractivity contribution in [1.29, 1.82) is 0 Å². The van der Waals surface area contributed by atoms with Gasteiger partial charge in [-0.3, -0.25) is 4.40 Å². The summed E-state index contributed by atoms with van der Waals surface area (Å²) in [5.74, 6) is 2.07. The normalized spacial score (nSPS) is 17.5. The van der Waals surface area contributed by atoms with Crippen LogP contribution in [-0.2, 0) is 0 Å². The Balaban J connectivity index is 1.78. The molecule has 0 unspecified atom stereocenters. The molecule has 0 saturated carbocycles. The zero-order valence-electron chi connectivity index (χ0n) is 10.6. The molecule has 0 aliphatic carbocycles. The van der Waals surface area contributed by atoms with Crippen LogP contribution in [0.3, 0.4) is 0 Å². The highest BCUT2D eigenvalue weighted by Crippen LogP contribution is 2.25. The summed E-state index contributed by atoms with van der Waals surface area (Å²) in [4.78, 5) is 6.80. The van der Waals surface area contributed by atoms with Gasteiger partial charge in [0.15, 0.2) is 0 Å². The van der Waals surface area contributed by atoms with Gasteiger partial charge >= 0.3 is 0 Å². The second kappa shape index (κ2) is 4.98. The second-order valence-corrected chi connectivity index (χ2v) is 5.05. The average Bonchev–Trinajstić information content (AvgIpc) is 2.88. The van der Waals surface area contributed by atoms with E-state index in [0.717, 1.165) is 31.2 Å². The molecule has 1 fully saturated rings. The Labute approximate surface area is 107 Å². The summed E-state index contributed by atoms with van der Waals surface area (Å²) in [5, 5.41) is 0. The lowest BCUT2D eigenvalue weighted by atomic mass is 9.94. The van der Waals surface area contributed by atoms with Crippen molar-refractivity contribution in [3.63, 3.8) is 0 Å². The lowest BCUT2D eigenvalue weighted by Crippen LogP contribution is -2.35. The minimum Gasteiger partial charge on any atom is -0.358 e. The molecule has 18 heavy (non-hydrogen) atoms. The van der Waals surface area contributed by atoms with E-state index in [-0.39, 0.29) is 0 Å². The second-order valence-electron chi connectivity index (χ2n) is 5.05. The van der Waals surface area contributed by atoms with Gasteiger partial charge in [0, 0.05) is 25.5 Å². The lowest BCUT2D eigenvalue weighted by molar-refractivity contribution is 0.385. The van der Waals surface area contributed by atoms with Crippen molar-refractivity contribution in [2.45, 2.75) is 19.3 Å². The van der Waals surface area contributed by atoms with Crippen LogP contribution in [0.4, 0.5) is 5.82 Å². The van der Waals surface area contributed by atoms with Crippen LogP contribution in [0.25, 0.3) is 5.65 Å². The van der Waals surface area contributed by atoms with Crippen LogP contribution in [-0.4, -0.2) is 29.0 Å². The topological polar surface area (TPSA) is 46.6 Å². The van der Waals surface area contributed by atoms with Crippen LogP contribution < -0.4 is 10.6 Å². The number of hydrogen-bond donors (Lipinski definition) is 1. The molecule has 0 bridgehead atoms. The summed E-state index contributed by atoms with van der Waals surface area (Å²) in [5.41, 5.74) is 6.66. The van der Waals surface area contributed by atoms with E-state index in [1.54, 1.807) is 0 Å². The first-order chi connectivity index (χ1) is 8.88. The highest BCUT2D eigenvalue weighted by atomic mass is 15.2. The van der Waals surface area contributed by atoms with Gasteiger partial charge in [-0.25, -0.2) is 4.98 Å². The van der Waals surface area contributed by atoms with E-state index in [1.165, 1.54) is 25.1 Å². The molecule has 0 spiro atoms. The third-order valence-corrected chi connectivity index (χ3v) is 3.92. The molecule has 4 nitrogen and oxygen atoms in total. The SMILES string of the molecule is NCCC1CCN(c2cccc3nccn23)CC1. The minimum atomic E-state index is 0.813. The Morgan fingerprint density at radius 1 is 1.28 bits per heavy atom. The maximum Gasteiger partial charge on any atom is 0.138 e. The predicted octanol–water partition coefficient (Wildman–Crippen LogP) is 1.90. The van der Waals surface area contributed by atoms with Crippen LogP contribution in [0.5, 0.6) is 0 Å². The third-order valence-electron chi connectivity index (χ3n) is 3.92. The molecule has 3 heterocycles. The molecule has 2 aromatic heterocycles. The quantitative estimate of drug-likeness (QED) is 0.897. The molecular formula is C14H20N4. The van der Waals surface area contributed by atoms with E-state index in [9.17, 15) is 0 Å². The number of anilines is 1. The first-order valence-corrected chi connectivity index (χ1v) is 6.75. The van der Waals surface area contributed by atoms with E-state index in [2.05, 4.69) is 26.4 Å². The Bertz CT molecular complexity index is 511. The number of rotatable bonds is 3. The van der Waals surface area contributed by atoms with E-state index < -0.39 is 0 Å². The maximum absolute atomic E-state index is 5.64. The third kappa shape index (κ3) is 2.08. The summed E-state index contributed by atoms with van der Waals surface area (Å²) >= 11 is 0. The molecule has 96 valence electrons. The van der Waals surface area contributed by atoms with Crippen LogP contribution in [0.1, 0.15) is 19.3 Å². The van der Waals surface area contributed by atoms with Crippen molar-refractivity contribution in [2.75, 3.05) is 24.5 Å². The number of hydrogen-bond acceptors (Lipinski definition) is 3. The number of fused-ring (bicyclic) bond motifs is 1. The summed E-state index contributed by atoms with van der Waals surface area (Å²) < 4.78 is 2.17. The van der Waals surface area contributed by atoms with E-state index in [1.807, 2.05) is 18.5 Å². The molecule has 0 amide bonds. The standard InChI is InChI=1S/C14H20N4/c15-7-4-12-5-9-17(10-6-12)14-3-1-2-13-16-8-11-18(13)14/h1-3,8,11-12H,4-7,9-10,15H2. The Hall–Kier alpha value is -1.55. The highest BCUT2D eigenvalue weighted by molar-refractivity contribution is 5.51. The summed E-state index contributed by atoms with van der Waals surface area (Å²) in [6.07, 6.45) is 7.57. The van der Waals surface area contributed by atoms with Crippen molar-refractivity contribution >= 4 is 11.5 Å². The number of pyridine rings is 1. The molecular weight excluding hydrogens is 224 g/mol. The van der Waals surface area contributed by atoms with Crippen molar-refractivity contribution in [3.05, 3.63) is 30.6 Å². The number of aromatic nitrogens is 2. The molecule has 1 aliphatic heterocycles. The number of piperidine rings is 1. The molecule has 0 atom stereocenters. The van der Waals surface area contributed by atoms with Gasteiger partial charge in [-0.1, -0.05) is 6.07 Å². The van der Waals surface area contributed by atoms with Gasteiger partial charge in [-0.2, -0.15) is 0 Å². The Kier molecular flexibility index (Phi) is 3.19. The highest BCUT2D eigenvalue weighted by Gasteiger charge is 2.20. The van der Waals surface area contributed by atoms with Crippen LogP contribution in [0.2, 0.25) is 0 Å². The molecule has 4 heteroatoms. The maximum atomic E-state index is 5.64. The van der Waals surface area contributed by atoms with Crippen molar-refractivity contribution < 1.29 is 0 Å². The number of nitrogens with two attached hydrogens (primary N) is 1. The zero-order valence-corrected chi connectivity index (χ0v) is 10.6. The Morgan fingerprint density at radius 3 is 2.89 bits per heavy atom. The average molecular weight is 244 g/mol. The summed E-state index contributed by atoms with van der Waals surface area (Å²) in [6, 6.07) is 6.31. The van der Waals surface area contributed by atoms with E-state index >= 15 is 0 Å². The van der Waals surface area contributed by atoms with Gasteiger partial charge in [-0.15, -0.1) is 0 Å². The van der Waals surface area contributed by atoms with Gasteiger partial charge in [0.2, 0.25) is 0 Å². The van der Waals surface area contributed by atoms with E-state index in [4.69, 9.17) is 5.73 Å². The van der Waals surface area contributed by atoms with Crippen LogP contribution in [0.15, 0.2) is 30.6 Å². The fourth-order valence-electron chi connectivity index (χ4n) is 2.88. The lowest BCUT2D eigenvalue weighted by Gasteiger charge is -2.33. The van der Waals surface area contributed by atoms with Gasteiger partial charge in [0.05, 0.1) is 0 Å². The first kappa shape index (κ1) is 11.5. The van der Waals surface area contributed by atoms with Gasteiger partial charge in [0.25, 0.3) is 0 Å².